The Labute approximate surface area is 119 Å². The molecule has 0 aromatic carbocycles. The molecule has 19 heavy (non-hydrogen) atoms. The SMILES string of the molecule is Cc1cc(CNC2CCN(CC(N)=O)CC2)c(C)s1. The van der Waals surface area contributed by atoms with Crippen LogP contribution in [0.4, 0.5) is 0 Å². The van der Waals surface area contributed by atoms with E-state index in [4.69, 9.17) is 5.73 Å². The highest BCUT2D eigenvalue weighted by atomic mass is 32.1. The highest BCUT2D eigenvalue weighted by Crippen LogP contribution is 2.21. The highest BCUT2D eigenvalue weighted by Gasteiger charge is 2.19. The van der Waals surface area contributed by atoms with Crippen LogP contribution < -0.4 is 11.1 Å². The second-order valence-electron chi connectivity index (χ2n) is 5.34. The molecular formula is C14H23N3OS. The van der Waals surface area contributed by atoms with Crippen LogP contribution in [-0.2, 0) is 11.3 Å². The molecule has 106 valence electrons. The van der Waals surface area contributed by atoms with E-state index in [-0.39, 0.29) is 5.91 Å². The van der Waals surface area contributed by atoms with E-state index in [1.807, 2.05) is 11.3 Å². The fourth-order valence-electron chi connectivity index (χ4n) is 2.63. The van der Waals surface area contributed by atoms with Crippen LogP contribution in [0.15, 0.2) is 6.07 Å². The molecule has 0 spiro atoms. The van der Waals surface area contributed by atoms with E-state index in [0.29, 0.717) is 12.6 Å². The summed E-state index contributed by atoms with van der Waals surface area (Å²) in [5, 5.41) is 3.63. The van der Waals surface area contributed by atoms with Gasteiger partial charge >= 0.3 is 0 Å². The van der Waals surface area contributed by atoms with E-state index in [0.717, 1.165) is 32.5 Å². The fourth-order valence-corrected chi connectivity index (χ4v) is 3.58. The van der Waals surface area contributed by atoms with Gasteiger partial charge in [-0.25, -0.2) is 0 Å². The molecule has 1 amide bonds. The van der Waals surface area contributed by atoms with Gasteiger partial charge in [-0.1, -0.05) is 0 Å². The van der Waals surface area contributed by atoms with Crippen LogP contribution in [0, 0.1) is 13.8 Å². The lowest BCUT2D eigenvalue weighted by molar-refractivity contribution is -0.119. The summed E-state index contributed by atoms with van der Waals surface area (Å²) in [6, 6.07) is 2.83. The zero-order valence-electron chi connectivity index (χ0n) is 11.7. The van der Waals surface area contributed by atoms with E-state index in [9.17, 15) is 4.79 Å². The standard InChI is InChI=1S/C14H23N3OS/c1-10-7-12(11(2)19-10)8-16-13-3-5-17(6-4-13)9-14(15)18/h7,13,16H,3-6,8-9H2,1-2H3,(H2,15,18). The number of nitrogens with zero attached hydrogens (tertiary/aromatic N) is 1. The summed E-state index contributed by atoms with van der Waals surface area (Å²) in [6.07, 6.45) is 2.19. The van der Waals surface area contributed by atoms with Crippen molar-refractivity contribution < 1.29 is 4.79 Å². The number of carbonyl (C=O) groups excluding carboxylic acids is 1. The fraction of sp³-hybridized carbons (Fsp3) is 0.643. The Morgan fingerprint density at radius 1 is 1.47 bits per heavy atom. The molecule has 0 radical (unpaired) electrons. The summed E-state index contributed by atoms with van der Waals surface area (Å²) >= 11 is 1.86. The van der Waals surface area contributed by atoms with Crippen LogP contribution in [0.3, 0.4) is 0 Å². The molecule has 1 saturated heterocycles. The molecule has 1 aliphatic rings. The maximum atomic E-state index is 10.9. The molecule has 0 aliphatic carbocycles. The molecule has 1 aromatic rings. The molecule has 1 aliphatic heterocycles. The quantitative estimate of drug-likeness (QED) is 0.858. The number of hydrogen-bond donors (Lipinski definition) is 2. The third-order valence-corrected chi connectivity index (χ3v) is 4.70. The third-order valence-electron chi connectivity index (χ3n) is 3.69. The van der Waals surface area contributed by atoms with E-state index < -0.39 is 0 Å². The first kappa shape index (κ1) is 14.5. The van der Waals surface area contributed by atoms with Gasteiger partial charge in [0.15, 0.2) is 0 Å². The van der Waals surface area contributed by atoms with Gasteiger partial charge in [-0.3, -0.25) is 9.69 Å². The Bertz CT molecular complexity index is 436. The Hall–Kier alpha value is -0.910. The minimum Gasteiger partial charge on any atom is -0.369 e. The van der Waals surface area contributed by atoms with Crippen molar-refractivity contribution in [3.8, 4) is 0 Å². The average Bonchev–Trinajstić information content (AvgIpc) is 2.66. The summed E-state index contributed by atoms with van der Waals surface area (Å²) < 4.78 is 0. The number of primary amides is 1. The van der Waals surface area contributed by atoms with Crippen LogP contribution in [0.5, 0.6) is 0 Å². The minimum atomic E-state index is -0.226. The van der Waals surface area contributed by atoms with Gasteiger partial charge in [0.2, 0.25) is 5.91 Å². The van der Waals surface area contributed by atoms with Crippen molar-refractivity contribution in [2.75, 3.05) is 19.6 Å². The summed E-state index contributed by atoms with van der Waals surface area (Å²) in [4.78, 5) is 15.8. The first-order chi connectivity index (χ1) is 9.04. The number of thiophene rings is 1. The number of carbonyl (C=O) groups is 1. The summed E-state index contributed by atoms with van der Waals surface area (Å²) in [6.45, 7) is 7.62. The largest absolute Gasteiger partial charge is 0.369 e. The number of hydrogen-bond acceptors (Lipinski definition) is 4. The number of likely N-dealkylation sites (tertiary alicyclic amines) is 1. The van der Waals surface area contributed by atoms with Crippen molar-refractivity contribution in [1.29, 1.82) is 0 Å². The molecule has 0 saturated carbocycles. The number of piperidine rings is 1. The monoisotopic (exact) mass is 281 g/mol. The van der Waals surface area contributed by atoms with Crippen molar-refractivity contribution in [3.05, 3.63) is 21.4 Å². The van der Waals surface area contributed by atoms with Gasteiger partial charge in [-0.15, -0.1) is 11.3 Å². The zero-order chi connectivity index (χ0) is 13.8. The Morgan fingerprint density at radius 3 is 2.68 bits per heavy atom. The zero-order valence-corrected chi connectivity index (χ0v) is 12.6. The Morgan fingerprint density at radius 2 is 2.16 bits per heavy atom. The molecular weight excluding hydrogens is 258 g/mol. The average molecular weight is 281 g/mol. The molecule has 5 heteroatoms. The topological polar surface area (TPSA) is 58.4 Å². The molecule has 1 aromatic heterocycles. The van der Waals surface area contributed by atoms with Gasteiger partial charge in [0.25, 0.3) is 0 Å². The van der Waals surface area contributed by atoms with E-state index in [2.05, 4.69) is 30.1 Å². The first-order valence-electron chi connectivity index (χ1n) is 6.84. The van der Waals surface area contributed by atoms with Crippen molar-refractivity contribution in [2.24, 2.45) is 5.73 Å². The van der Waals surface area contributed by atoms with Crippen LogP contribution in [0.25, 0.3) is 0 Å². The van der Waals surface area contributed by atoms with E-state index in [1.165, 1.54) is 15.3 Å². The lowest BCUT2D eigenvalue weighted by atomic mass is 10.0. The van der Waals surface area contributed by atoms with E-state index in [1.54, 1.807) is 0 Å². The molecule has 1 fully saturated rings. The van der Waals surface area contributed by atoms with Gasteiger partial charge in [-0.2, -0.15) is 0 Å². The Balaban J connectivity index is 1.74. The second-order valence-corrected chi connectivity index (χ2v) is 6.80. The van der Waals surface area contributed by atoms with E-state index >= 15 is 0 Å². The van der Waals surface area contributed by atoms with Crippen molar-refractivity contribution >= 4 is 17.2 Å². The van der Waals surface area contributed by atoms with Crippen molar-refractivity contribution in [1.82, 2.24) is 10.2 Å². The van der Waals surface area contributed by atoms with Crippen LogP contribution in [0.2, 0.25) is 0 Å². The van der Waals surface area contributed by atoms with Crippen molar-refractivity contribution in [3.63, 3.8) is 0 Å². The van der Waals surface area contributed by atoms with Crippen LogP contribution in [-0.4, -0.2) is 36.5 Å². The first-order valence-corrected chi connectivity index (χ1v) is 7.66. The number of nitrogens with one attached hydrogen (secondary N) is 1. The minimum absolute atomic E-state index is 0.226. The second kappa shape index (κ2) is 6.50. The van der Waals surface area contributed by atoms with Crippen molar-refractivity contribution in [2.45, 2.75) is 39.3 Å². The normalized spacial score (nSPS) is 17.8. The van der Waals surface area contributed by atoms with Gasteiger partial charge in [0.05, 0.1) is 6.54 Å². The molecule has 4 nitrogen and oxygen atoms in total. The predicted molar refractivity (Wildman–Crippen MR) is 79.3 cm³/mol. The molecule has 2 heterocycles. The summed E-state index contributed by atoms with van der Waals surface area (Å²) in [5.41, 5.74) is 6.64. The highest BCUT2D eigenvalue weighted by molar-refractivity contribution is 7.12. The van der Waals surface area contributed by atoms with Gasteiger partial charge in [0.1, 0.15) is 0 Å². The van der Waals surface area contributed by atoms with Gasteiger partial charge < -0.3 is 11.1 Å². The molecule has 0 bridgehead atoms. The van der Waals surface area contributed by atoms with Gasteiger partial charge in [0, 0.05) is 35.4 Å². The molecule has 0 unspecified atom stereocenters. The Kier molecular flexibility index (Phi) is 4.96. The lowest BCUT2D eigenvalue weighted by Crippen LogP contribution is -2.45. The number of nitrogens with two attached hydrogens (primary N) is 1. The number of amides is 1. The van der Waals surface area contributed by atoms with Gasteiger partial charge in [-0.05, 0) is 38.3 Å². The number of aryl methyl sites for hydroxylation is 2. The third kappa shape index (κ3) is 4.30. The summed E-state index contributed by atoms with van der Waals surface area (Å²) in [7, 11) is 0. The maximum Gasteiger partial charge on any atom is 0.231 e. The smallest absolute Gasteiger partial charge is 0.231 e. The summed E-state index contributed by atoms with van der Waals surface area (Å²) in [5.74, 6) is -0.226. The lowest BCUT2D eigenvalue weighted by Gasteiger charge is -2.31. The predicted octanol–water partition coefficient (Wildman–Crippen LogP) is 1.40. The molecule has 2 rings (SSSR count). The number of rotatable bonds is 5. The maximum absolute atomic E-state index is 10.9. The van der Waals surface area contributed by atoms with Crippen LogP contribution in [0.1, 0.15) is 28.2 Å². The van der Waals surface area contributed by atoms with Crippen LogP contribution >= 0.6 is 11.3 Å². The molecule has 0 atom stereocenters. The molecule has 3 N–H and O–H groups in total.